The zero-order valence-corrected chi connectivity index (χ0v) is 8.66. The Labute approximate surface area is 85.5 Å². The number of nitrogens with one attached hydrogen (secondary N) is 1. The average molecular weight is 187 g/mol. The van der Waals surface area contributed by atoms with E-state index in [1.54, 1.807) is 0 Å². The summed E-state index contributed by atoms with van der Waals surface area (Å²) < 4.78 is 0. The molecule has 1 nitrogen and oxygen atoms in total. The molecule has 0 amide bonds. The van der Waals surface area contributed by atoms with Crippen molar-refractivity contribution >= 4 is 5.69 Å². The molecule has 1 aliphatic heterocycles. The van der Waals surface area contributed by atoms with Gasteiger partial charge in [0.05, 0.1) is 0 Å². The van der Waals surface area contributed by atoms with E-state index in [0.29, 0.717) is 0 Å². The molecule has 0 radical (unpaired) electrons. The monoisotopic (exact) mass is 187 g/mol. The van der Waals surface area contributed by atoms with Crippen molar-refractivity contribution in [2.75, 3.05) is 5.32 Å². The van der Waals surface area contributed by atoms with Crippen LogP contribution in [0.25, 0.3) is 0 Å². The van der Waals surface area contributed by atoms with Gasteiger partial charge in [-0.3, -0.25) is 0 Å². The van der Waals surface area contributed by atoms with Gasteiger partial charge < -0.3 is 5.32 Å². The van der Waals surface area contributed by atoms with Crippen LogP contribution in [-0.2, 0) is 6.42 Å². The van der Waals surface area contributed by atoms with Crippen molar-refractivity contribution in [2.24, 2.45) is 11.8 Å². The number of hydrogen-bond acceptors (Lipinski definition) is 1. The first-order chi connectivity index (χ1) is 6.84. The van der Waals surface area contributed by atoms with Crippen LogP contribution in [-0.4, -0.2) is 6.04 Å². The fourth-order valence-electron chi connectivity index (χ4n) is 2.67. The minimum absolute atomic E-state index is 0.741. The number of benzene rings is 1. The second-order valence-electron chi connectivity index (χ2n) is 4.85. The Morgan fingerprint density at radius 2 is 2.00 bits per heavy atom. The lowest BCUT2D eigenvalue weighted by molar-refractivity contribution is 0.426. The fraction of sp³-hybridized carbons (Fsp3) is 0.538. The maximum atomic E-state index is 3.71. The summed E-state index contributed by atoms with van der Waals surface area (Å²) in [6.45, 7) is 2.38. The van der Waals surface area contributed by atoms with Gasteiger partial charge in [-0.15, -0.1) is 0 Å². The summed E-state index contributed by atoms with van der Waals surface area (Å²) >= 11 is 0. The molecule has 74 valence electrons. The topological polar surface area (TPSA) is 12.0 Å². The van der Waals surface area contributed by atoms with Gasteiger partial charge in [0.1, 0.15) is 0 Å². The zero-order valence-electron chi connectivity index (χ0n) is 8.66. The molecule has 1 aromatic rings. The summed E-state index contributed by atoms with van der Waals surface area (Å²) in [5, 5.41) is 3.71. The SMILES string of the molecule is CC1Cc2ccccc2NC1C1CC1. The van der Waals surface area contributed by atoms with E-state index in [0.717, 1.165) is 17.9 Å². The quantitative estimate of drug-likeness (QED) is 0.712. The standard InChI is InChI=1S/C13H17N/c1-9-8-11-4-2-3-5-12(11)14-13(9)10-6-7-10/h2-5,9-10,13-14H,6-8H2,1H3. The van der Waals surface area contributed by atoms with Gasteiger partial charge >= 0.3 is 0 Å². The number of rotatable bonds is 1. The van der Waals surface area contributed by atoms with Crippen LogP contribution in [0.4, 0.5) is 5.69 Å². The Morgan fingerprint density at radius 3 is 2.79 bits per heavy atom. The first kappa shape index (κ1) is 8.34. The largest absolute Gasteiger partial charge is 0.382 e. The Morgan fingerprint density at radius 1 is 1.21 bits per heavy atom. The Hall–Kier alpha value is -0.980. The summed E-state index contributed by atoms with van der Waals surface area (Å²) in [5.74, 6) is 1.76. The molecule has 0 spiro atoms. The summed E-state index contributed by atoms with van der Waals surface area (Å²) in [6.07, 6.45) is 4.12. The van der Waals surface area contributed by atoms with Gasteiger partial charge in [-0.05, 0) is 42.7 Å². The van der Waals surface area contributed by atoms with Crippen LogP contribution in [0.15, 0.2) is 24.3 Å². The molecule has 3 rings (SSSR count). The summed E-state index contributed by atoms with van der Waals surface area (Å²) in [5.41, 5.74) is 2.87. The molecule has 1 aromatic carbocycles. The smallest absolute Gasteiger partial charge is 0.0375 e. The van der Waals surface area contributed by atoms with Crippen LogP contribution in [0.5, 0.6) is 0 Å². The highest BCUT2D eigenvalue weighted by molar-refractivity contribution is 5.54. The van der Waals surface area contributed by atoms with E-state index in [-0.39, 0.29) is 0 Å². The third-order valence-electron chi connectivity index (χ3n) is 3.62. The first-order valence-corrected chi connectivity index (χ1v) is 5.69. The Kier molecular flexibility index (Phi) is 1.79. The molecule has 0 saturated heterocycles. The van der Waals surface area contributed by atoms with Gasteiger partial charge in [0.2, 0.25) is 0 Å². The molecule has 1 saturated carbocycles. The van der Waals surface area contributed by atoms with Crippen LogP contribution < -0.4 is 5.32 Å². The molecule has 1 heterocycles. The van der Waals surface area contributed by atoms with Gasteiger partial charge in [-0.25, -0.2) is 0 Å². The van der Waals surface area contributed by atoms with E-state index in [1.165, 1.54) is 30.5 Å². The van der Waals surface area contributed by atoms with Crippen molar-refractivity contribution in [2.45, 2.75) is 32.2 Å². The lowest BCUT2D eigenvalue weighted by Crippen LogP contribution is -2.34. The van der Waals surface area contributed by atoms with E-state index in [4.69, 9.17) is 0 Å². The molecule has 1 heteroatoms. The molecule has 0 bridgehead atoms. The van der Waals surface area contributed by atoms with Crippen molar-refractivity contribution < 1.29 is 0 Å². The minimum Gasteiger partial charge on any atom is -0.382 e. The number of anilines is 1. The Bertz CT molecular complexity index is 341. The number of fused-ring (bicyclic) bond motifs is 1. The van der Waals surface area contributed by atoms with Crippen LogP contribution in [0.2, 0.25) is 0 Å². The lowest BCUT2D eigenvalue weighted by atomic mass is 9.86. The Balaban J connectivity index is 1.90. The predicted octanol–water partition coefficient (Wildman–Crippen LogP) is 3.07. The summed E-state index contributed by atoms with van der Waals surface area (Å²) in [7, 11) is 0. The second-order valence-corrected chi connectivity index (χ2v) is 4.85. The van der Waals surface area contributed by atoms with Gasteiger partial charge in [-0.1, -0.05) is 25.1 Å². The fourth-order valence-corrected chi connectivity index (χ4v) is 2.67. The maximum absolute atomic E-state index is 3.71. The third-order valence-corrected chi connectivity index (χ3v) is 3.62. The highest BCUT2D eigenvalue weighted by Crippen LogP contribution is 2.41. The van der Waals surface area contributed by atoms with Crippen molar-refractivity contribution in [1.29, 1.82) is 0 Å². The van der Waals surface area contributed by atoms with Crippen molar-refractivity contribution in [3.05, 3.63) is 29.8 Å². The van der Waals surface area contributed by atoms with Crippen molar-refractivity contribution in [1.82, 2.24) is 0 Å². The van der Waals surface area contributed by atoms with E-state index < -0.39 is 0 Å². The maximum Gasteiger partial charge on any atom is 0.0375 e. The lowest BCUT2D eigenvalue weighted by Gasteiger charge is -2.32. The predicted molar refractivity (Wildman–Crippen MR) is 59.4 cm³/mol. The van der Waals surface area contributed by atoms with Crippen molar-refractivity contribution in [3.8, 4) is 0 Å². The molecule has 1 aliphatic carbocycles. The van der Waals surface area contributed by atoms with Gasteiger partial charge in [0.15, 0.2) is 0 Å². The van der Waals surface area contributed by atoms with E-state index in [2.05, 4.69) is 36.5 Å². The molecule has 1 N–H and O–H groups in total. The summed E-state index contributed by atoms with van der Waals surface area (Å²) in [6, 6.07) is 9.49. The van der Waals surface area contributed by atoms with Crippen molar-refractivity contribution in [3.63, 3.8) is 0 Å². The normalized spacial score (nSPS) is 30.6. The molecule has 2 aliphatic rings. The van der Waals surface area contributed by atoms with Gasteiger partial charge in [0.25, 0.3) is 0 Å². The number of hydrogen-bond donors (Lipinski definition) is 1. The first-order valence-electron chi connectivity index (χ1n) is 5.69. The minimum atomic E-state index is 0.741. The molecule has 14 heavy (non-hydrogen) atoms. The van der Waals surface area contributed by atoms with Gasteiger partial charge in [0, 0.05) is 11.7 Å². The van der Waals surface area contributed by atoms with Crippen LogP contribution in [0, 0.1) is 11.8 Å². The third kappa shape index (κ3) is 1.31. The average Bonchev–Trinajstić information content (AvgIpc) is 3.00. The van der Waals surface area contributed by atoms with E-state index in [1.807, 2.05) is 0 Å². The van der Waals surface area contributed by atoms with Crippen LogP contribution in [0.3, 0.4) is 0 Å². The van der Waals surface area contributed by atoms with Gasteiger partial charge in [-0.2, -0.15) is 0 Å². The zero-order chi connectivity index (χ0) is 9.54. The molecular formula is C13H17N. The second kappa shape index (κ2) is 3.01. The molecule has 2 atom stereocenters. The van der Waals surface area contributed by atoms with E-state index >= 15 is 0 Å². The molecule has 1 fully saturated rings. The van der Waals surface area contributed by atoms with Crippen LogP contribution in [0.1, 0.15) is 25.3 Å². The molecular weight excluding hydrogens is 170 g/mol. The highest BCUT2D eigenvalue weighted by atomic mass is 15.0. The highest BCUT2D eigenvalue weighted by Gasteiger charge is 2.37. The molecule has 0 aromatic heterocycles. The van der Waals surface area contributed by atoms with Crippen LogP contribution >= 0.6 is 0 Å². The molecule has 2 unspecified atom stereocenters. The summed E-state index contributed by atoms with van der Waals surface area (Å²) in [4.78, 5) is 0. The van der Waals surface area contributed by atoms with E-state index in [9.17, 15) is 0 Å². The number of para-hydroxylation sites is 1.